The lowest BCUT2D eigenvalue weighted by Gasteiger charge is -2.40. The lowest BCUT2D eigenvalue weighted by molar-refractivity contribution is 0.146. The van der Waals surface area contributed by atoms with E-state index in [2.05, 4.69) is 24.1 Å². The topological polar surface area (TPSA) is 15.3 Å². The Hall–Kier alpha value is -0.0800. The molecule has 1 aliphatic heterocycles. The van der Waals surface area contributed by atoms with E-state index >= 15 is 0 Å². The van der Waals surface area contributed by atoms with Gasteiger partial charge in [-0.05, 0) is 38.3 Å². The van der Waals surface area contributed by atoms with Crippen molar-refractivity contribution in [2.45, 2.75) is 70.8 Å². The first-order chi connectivity index (χ1) is 8.78. The van der Waals surface area contributed by atoms with E-state index in [1.165, 1.54) is 77.5 Å². The third kappa shape index (κ3) is 3.71. The lowest BCUT2D eigenvalue weighted by Crippen LogP contribution is -2.53. The van der Waals surface area contributed by atoms with Crippen LogP contribution in [0, 0.1) is 5.92 Å². The zero-order valence-electron chi connectivity index (χ0n) is 12.5. The van der Waals surface area contributed by atoms with Crippen LogP contribution in [0.2, 0.25) is 0 Å². The van der Waals surface area contributed by atoms with Gasteiger partial charge in [0.05, 0.1) is 0 Å². The summed E-state index contributed by atoms with van der Waals surface area (Å²) in [5.41, 5.74) is 0.473. The molecule has 0 bridgehead atoms. The maximum absolute atomic E-state index is 3.89. The SMILES string of the molecule is CCC(CC)CN1CCCNC2(CCCCC2)C1. The van der Waals surface area contributed by atoms with E-state index in [4.69, 9.17) is 0 Å². The molecule has 0 aromatic carbocycles. The summed E-state index contributed by atoms with van der Waals surface area (Å²) in [6.45, 7) is 9.88. The summed E-state index contributed by atoms with van der Waals surface area (Å²) in [4.78, 5) is 2.77. The van der Waals surface area contributed by atoms with Gasteiger partial charge in [0.2, 0.25) is 0 Å². The van der Waals surface area contributed by atoms with Gasteiger partial charge in [0.15, 0.2) is 0 Å². The largest absolute Gasteiger partial charge is 0.310 e. The zero-order chi connectivity index (χ0) is 12.8. The summed E-state index contributed by atoms with van der Waals surface area (Å²) in [7, 11) is 0. The predicted octanol–water partition coefficient (Wildman–Crippen LogP) is 3.42. The Morgan fingerprint density at radius 3 is 2.44 bits per heavy atom. The minimum Gasteiger partial charge on any atom is -0.310 e. The van der Waals surface area contributed by atoms with Gasteiger partial charge in [-0.3, -0.25) is 0 Å². The van der Waals surface area contributed by atoms with Crippen LogP contribution in [-0.4, -0.2) is 36.6 Å². The highest BCUT2D eigenvalue weighted by Crippen LogP contribution is 2.30. The first-order valence-electron chi connectivity index (χ1n) is 8.25. The number of hydrogen-bond acceptors (Lipinski definition) is 2. The van der Waals surface area contributed by atoms with E-state index in [-0.39, 0.29) is 0 Å². The molecule has 1 aliphatic carbocycles. The lowest BCUT2D eigenvalue weighted by atomic mass is 9.81. The van der Waals surface area contributed by atoms with Gasteiger partial charge in [0, 0.05) is 18.6 Å². The first-order valence-corrected chi connectivity index (χ1v) is 8.25. The van der Waals surface area contributed by atoms with E-state index < -0.39 is 0 Å². The fraction of sp³-hybridized carbons (Fsp3) is 1.00. The van der Waals surface area contributed by atoms with Crippen LogP contribution in [0.4, 0.5) is 0 Å². The molecule has 1 spiro atoms. The van der Waals surface area contributed by atoms with Crippen LogP contribution in [0.3, 0.4) is 0 Å². The van der Waals surface area contributed by atoms with Crippen molar-refractivity contribution >= 4 is 0 Å². The summed E-state index contributed by atoms with van der Waals surface area (Å²) in [5.74, 6) is 0.906. The fourth-order valence-electron chi connectivity index (χ4n) is 3.85. The van der Waals surface area contributed by atoms with Crippen LogP contribution >= 0.6 is 0 Å². The third-order valence-corrected chi connectivity index (χ3v) is 5.16. The Labute approximate surface area is 114 Å². The van der Waals surface area contributed by atoms with Crippen molar-refractivity contribution < 1.29 is 0 Å². The molecule has 18 heavy (non-hydrogen) atoms. The molecule has 106 valence electrons. The molecule has 0 aromatic heterocycles. The molecule has 1 saturated heterocycles. The van der Waals surface area contributed by atoms with Gasteiger partial charge in [0.25, 0.3) is 0 Å². The van der Waals surface area contributed by atoms with E-state index in [0.29, 0.717) is 5.54 Å². The second-order valence-electron chi connectivity index (χ2n) is 6.54. The smallest absolute Gasteiger partial charge is 0.0308 e. The van der Waals surface area contributed by atoms with Crippen LogP contribution < -0.4 is 5.32 Å². The van der Waals surface area contributed by atoms with Gasteiger partial charge >= 0.3 is 0 Å². The first kappa shape index (κ1) is 14.3. The second-order valence-corrected chi connectivity index (χ2v) is 6.54. The van der Waals surface area contributed by atoms with Crippen molar-refractivity contribution in [3.8, 4) is 0 Å². The van der Waals surface area contributed by atoms with Gasteiger partial charge in [-0.25, -0.2) is 0 Å². The van der Waals surface area contributed by atoms with Crippen LogP contribution in [-0.2, 0) is 0 Å². The molecule has 2 heteroatoms. The summed E-state index contributed by atoms with van der Waals surface area (Å²) >= 11 is 0. The molecule has 2 aliphatic rings. The fourth-order valence-corrected chi connectivity index (χ4v) is 3.85. The average molecular weight is 252 g/mol. The minimum atomic E-state index is 0.473. The van der Waals surface area contributed by atoms with Crippen molar-refractivity contribution in [3.63, 3.8) is 0 Å². The van der Waals surface area contributed by atoms with Gasteiger partial charge in [0.1, 0.15) is 0 Å². The van der Waals surface area contributed by atoms with Crippen molar-refractivity contribution in [2.75, 3.05) is 26.2 Å². The van der Waals surface area contributed by atoms with Crippen LogP contribution in [0.5, 0.6) is 0 Å². The Bertz CT molecular complexity index is 229. The zero-order valence-corrected chi connectivity index (χ0v) is 12.5. The summed E-state index contributed by atoms with van der Waals surface area (Å²) < 4.78 is 0. The molecular formula is C16H32N2. The minimum absolute atomic E-state index is 0.473. The second kappa shape index (κ2) is 6.91. The molecule has 1 N–H and O–H groups in total. The predicted molar refractivity (Wildman–Crippen MR) is 78.9 cm³/mol. The number of nitrogens with one attached hydrogen (secondary N) is 1. The monoisotopic (exact) mass is 252 g/mol. The van der Waals surface area contributed by atoms with Crippen molar-refractivity contribution in [3.05, 3.63) is 0 Å². The Balaban J connectivity index is 1.93. The van der Waals surface area contributed by atoms with Crippen LogP contribution in [0.1, 0.15) is 65.2 Å². The van der Waals surface area contributed by atoms with Crippen molar-refractivity contribution in [1.29, 1.82) is 0 Å². The highest BCUT2D eigenvalue weighted by atomic mass is 15.2. The van der Waals surface area contributed by atoms with Crippen molar-refractivity contribution in [1.82, 2.24) is 10.2 Å². The Kier molecular flexibility index (Phi) is 5.50. The van der Waals surface area contributed by atoms with E-state index in [9.17, 15) is 0 Å². The molecule has 0 radical (unpaired) electrons. The van der Waals surface area contributed by atoms with Gasteiger partial charge in [-0.2, -0.15) is 0 Å². The summed E-state index contributed by atoms with van der Waals surface area (Å²) in [5, 5.41) is 3.89. The van der Waals surface area contributed by atoms with Crippen LogP contribution in [0.25, 0.3) is 0 Å². The molecule has 2 nitrogen and oxygen atoms in total. The van der Waals surface area contributed by atoms with Crippen molar-refractivity contribution in [2.24, 2.45) is 5.92 Å². The molecule has 0 amide bonds. The number of hydrogen-bond donors (Lipinski definition) is 1. The third-order valence-electron chi connectivity index (χ3n) is 5.16. The van der Waals surface area contributed by atoms with E-state index in [1.807, 2.05) is 0 Å². The van der Waals surface area contributed by atoms with Gasteiger partial charge in [-0.1, -0.05) is 46.0 Å². The van der Waals surface area contributed by atoms with Gasteiger partial charge in [-0.15, -0.1) is 0 Å². The molecule has 0 unspecified atom stereocenters. The van der Waals surface area contributed by atoms with Crippen LogP contribution in [0.15, 0.2) is 0 Å². The molecular weight excluding hydrogens is 220 g/mol. The Morgan fingerprint density at radius 1 is 1.06 bits per heavy atom. The average Bonchev–Trinajstić information content (AvgIpc) is 2.59. The van der Waals surface area contributed by atoms with E-state index in [1.54, 1.807) is 0 Å². The molecule has 0 aromatic rings. The number of rotatable bonds is 4. The molecule has 1 heterocycles. The highest BCUT2D eigenvalue weighted by molar-refractivity contribution is 4.95. The summed E-state index contributed by atoms with van der Waals surface area (Å²) in [6, 6.07) is 0. The van der Waals surface area contributed by atoms with E-state index in [0.717, 1.165) is 5.92 Å². The maximum Gasteiger partial charge on any atom is 0.0308 e. The Morgan fingerprint density at radius 2 is 1.78 bits per heavy atom. The normalized spacial score (nSPS) is 25.5. The maximum atomic E-state index is 3.89. The molecule has 2 fully saturated rings. The van der Waals surface area contributed by atoms with Gasteiger partial charge < -0.3 is 10.2 Å². The molecule has 2 rings (SSSR count). The number of nitrogens with zero attached hydrogens (tertiary/aromatic N) is 1. The quantitative estimate of drug-likeness (QED) is 0.825. The molecule has 1 saturated carbocycles. The highest BCUT2D eigenvalue weighted by Gasteiger charge is 2.34. The standard InChI is InChI=1S/C16H32N2/c1-3-15(4-2)13-18-12-8-11-17-16(14-18)9-6-5-7-10-16/h15,17H,3-14H2,1-2H3. The molecule has 0 atom stereocenters. The summed E-state index contributed by atoms with van der Waals surface area (Å²) in [6.07, 6.45) is 11.2.